The molecule has 0 radical (unpaired) electrons. The molecule has 254 valence electrons. The molecule has 6 aromatic carbocycles. The predicted molar refractivity (Wildman–Crippen MR) is 199 cm³/mol. The zero-order valence-electron chi connectivity index (χ0n) is 28.4. The van der Waals surface area contributed by atoms with Crippen molar-refractivity contribution < 1.29 is 17.5 Å². The molecule has 0 aliphatic heterocycles. The van der Waals surface area contributed by atoms with Crippen LogP contribution >= 0.6 is 0 Å². The molecule has 0 spiro atoms. The van der Waals surface area contributed by atoms with Crippen molar-refractivity contribution in [2.45, 2.75) is 27.7 Å². The first-order valence-corrected chi connectivity index (χ1v) is 18.0. The molecule has 0 saturated heterocycles. The number of quaternary nitrogens is 1. The lowest BCUT2D eigenvalue weighted by molar-refractivity contribution is -0.921. The summed E-state index contributed by atoms with van der Waals surface area (Å²) in [5.74, 6) is 0. The third-order valence-electron chi connectivity index (χ3n) is 9.78. The van der Waals surface area contributed by atoms with Crippen molar-refractivity contribution in [3.8, 4) is 0 Å². The summed E-state index contributed by atoms with van der Waals surface area (Å²) in [6.45, 7) is 14.2. The van der Waals surface area contributed by atoms with E-state index in [0.29, 0.717) is 71.4 Å². The second-order valence-corrected chi connectivity index (χ2v) is 13.6. The fraction of sp³-hybridized carbons (Fsp3) is 0.263. The highest BCUT2D eigenvalue weighted by molar-refractivity contribution is 7.84. The van der Waals surface area contributed by atoms with Gasteiger partial charge in [0.2, 0.25) is 0 Å². The summed E-state index contributed by atoms with van der Waals surface area (Å²) in [6, 6.07) is 20.5. The number of nitrogens with zero attached hydrogens (tertiary/aromatic N) is 2. The maximum absolute atomic E-state index is 13.5. The largest absolute Gasteiger partial charge is 0.748 e. The van der Waals surface area contributed by atoms with E-state index in [1.807, 2.05) is 4.57 Å². The summed E-state index contributed by atoms with van der Waals surface area (Å²) in [6.07, 6.45) is 0.604. The van der Waals surface area contributed by atoms with Crippen molar-refractivity contribution >= 4 is 75.3 Å². The van der Waals surface area contributed by atoms with Crippen LogP contribution in [0, 0.1) is 0 Å². The Morgan fingerprint density at radius 3 is 1.43 bits per heavy atom. The van der Waals surface area contributed by atoms with Gasteiger partial charge in [-0.05, 0) is 52.0 Å². The Kier molecular flexibility index (Phi) is 9.74. The number of aromatic nitrogens is 2. The van der Waals surface area contributed by atoms with Gasteiger partial charge in [0, 0.05) is 45.6 Å². The van der Waals surface area contributed by atoms with Gasteiger partial charge in [0.05, 0.1) is 69.1 Å². The summed E-state index contributed by atoms with van der Waals surface area (Å²) in [7, 11) is -2.12. The van der Waals surface area contributed by atoms with Crippen molar-refractivity contribution in [3.05, 3.63) is 114 Å². The summed E-state index contributed by atoms with van der Waals surface area (Å²) >= 11 is 0. The van der Waals surface area contributed by atoms with Gasteiger partial charge in [0.25, 0.3) is 0 Å². The van der Waals surface area contributed by atoms with Crippen LogP contribution in [0.1, 0.15) is 27.7 Å². The minimum Gasteiger partial charge on any atom is -0.748 e. The molecule has 0 fully saturated rings. The number of H-pyrrole nitrogens is 1. The first-order chi connectivity index (χ1) is 23.2. The van der Waals surface area contributed by atoms with Gasteiger partial charge in [-0.25, -0.2) is 8.42 Å². The Bertz CT molecular complexity index is 2730. The minimum absolute atomic E-state index is 0.194. The van der Waals surface area contributed by atoms with Crippen LogP contribution in [0.2, 0.25) is 0 Å². The fourth-order valence-corrected chi connectivity index (χ4v) is 6.80. The molecule has 49 heavy (non-hydrogen) atoms. The van der Waals surface area contributed by atoms with Crippen molar-refractivity contribution in [1.82, 2.24) is 9.55 Å². The maximum Gasteiger partial charge on any atom is 0.196 e. The molecular weight excluding hydrogens is 642 g/mol. The number of rotatable bonds is 4. The molecule has 0 amide bonds. The SMILES string of the molecule is CC[N+](CC)(CC)CC.CS(=O)(=O)[O-].Cn1c2ccc3c(=O)c4ccccc4c(=O)c3c2[nH]c2ccc3c(=O)c4ccccc4c(=O)c3c21. The lowest BCUT2D eigenvalue weighted by Gasteiger charge is -2.34. The zero-order chi connectivity index (χ0) is 35.8. The Labute approximate surface area is 282 Å². The number of benzene rings is 6. The Morgan fingerprint density at radius 2 is 1.00 bits per heavy atom. The van der Waals surface area contributed by atoms with Crippen LogP contribution in [-0.2, 0) is 17.2 Å². The summed E-state index contributed by atoms with van der Waals surface area (Å²) in [5.41, 5.74) is 1.47. The Hall–Kier alpha value is -4.97. The minimum atomic E-state index is -3.92. The van der Waals surface area contributed by atoms with Crippen LogP contribution < -0.4 is 21.7 Å². The number of aromatic amines is 1. The van der Waals surface area contributed by atoms with Gasteiger partial charge in [-0.15, -0.1) is 0 Å². The van der Waals surface area contributed by atoms with Crippen LogP contribution in [0.3, 0.4) is 0 Å². The van der Waals surface area contributed by atoms with Crippen molar-refractivity contribution in [1.29, 1.82) is 0 Å². The first-order valence-electron chi connectivity index (χ1n) is 16.2. The van der Waals surface area contributed by atoms with Crippen LogP contribution in [0.4, 0.5) is 0 Å². The van der Waals surface area contributed by atoms with Crippen molar-refractivity contribution in [2.75, 3.05) is 32.4 Å². The lowest BCUT2D eigenvalue weighted by Crippen LogP contribution is -2.47. The van der Waals surface area contributed by atoms with Gasteiger partial charge in [0.1, 0.15) is 0 Å². The average molecular weight is 682 g/mol. The van der Waals surface area contributed by atoms with Crippen LogP contribution in [0.15, 0.2) is 92.0 Å². The standard InChI is InChI=1S/C29H16N2O4.C8H20N.CH4O3S/c1-31-21-13-11-18-22(28(34)16-8-4-2-6-14(16)26(18)32)24(21)30-20-12-10-19-23(25(20)31)29(35)17-9-5-3-7-15(17)27(19)33;1-5-9(6-2,7-3)8-4;1-5(2,3)4/h2-13,30H,1H3;5-8H2,1-4H3;1H3,(H,2,3,4)/q;+1;/p-1. The average Bonchev–Trinajstić information content (AvgIpc) is 3.09. The van der Waals surface area contributed by atoms with Crippen LogP contribution in [0.5, 0.6) is 0 Å². The van der Waals surface area contributed by atoms with Gasteiger partial charge in [-0.1, -0.05) is 48.5 Å². The number of hydrogen-bond acceptors (Lipinski definition) is 7. The molecular formula is C38H39N3O7S. The Morgan fingerprint density at radius 1 is 0.612 bits per heavy atom. The second-order valence-electron chi connectivity index (χ2n) is 12.2. The molecule has 0 saturated carbocycles. The van der Waals surface area contributed by atoms with E-state index in [0.717, 1.165) is 0 Å². The summed E-state index contributed by atoms with van der Waals surface area (Å²) in [4.78, 5) is 56.7. The Balaban J connectivity index is 0.000000284. The molecule has 11 heteroatoms. The van der Waals surface area contributed by atoms with Gasteiger partial charge in [0.15, 0.2) is 21.7 Å². The van der Waals surface area contributed by atoms with Crippen molar-refractivity contribution in [2.24, 2.45) is 7.05 Å². The number of aryl methyl sites for hydroxylation is 1. The molecule has 1 heterocycles. The highest BCUT2D eigenvalue weighted by Crippen LogP contribution is 2.28. The molecule has 10 nitrogen and oxygen atoms in total. The van der Waals surface area contributed by atoms with E-state index in [1.54, 1.807) is 79.8 Å². The summed E-state index contributed by atoms with van der Waals surface area (Å²) < 4.78 is 30.3. The lowest BCUT2D eigenvalue weighted by atomic mass is 9.99. The van der Waals surface area contributed by atoms with E-state index in [1.165, 1.54) is 30.7 Å². The van der Waals surface area contributed by atoms with Gasteiger partial charge >= 0.3 is 0 Å². The molecule has 0 bridgehead atoms. The third-order valence-corrected chi connectivity index (χ3v) is 9.78. The van der Waals surface area contributed by atoms with Gasteiger partial charge in [-0.2, -0.15) is 0 Å². The third kappa shape index (κ3) is 6.32. The summed E-state index contributed by atoms with van der Waals surface area (Å²) in [5, 5.41) is 2.88. The normalized spacial score (nSPS) is 12.0. The quantitative estimate of drug-likeness (QED) is 0.116. The molecule has 1 aromatic heterocycles. The second kappa shape index (κ2) is 13.5. The molecule has 7 aromatic rings. The fourth-order valence-electron chi connectivity index (χ4n) is 6.80. The predicted octanol–water partition coefficient (Wildman–Crippen LogP) is 5.20. The molecule has 0 aliphatic rings. The van der Waals surface area contributed by atoms with E-state index in [4.69, 9.17) is 13.0 Å². The molecule has 0 unspecified atom stereocenters. The van der Waals surface area contributed by atoms with E-state index in [2.05, 4.69) is 32.7 Å². The highest BCUT2D eigenvalue weighted by atomic mass is 32.2. The van der Waals surface area contributed by atoms with Crippen molar-refractivity contribution in [3.63, 3.8) is 0 Å². The van der Waals surface area contributed by atoms with E-state index in [-0.39, 0.29) is 21.7 Å². The first kappa shape index (κ1) is 35.3. The number of hydrogen-bond donors (Lipinski definition) is 1. The highest BCUT2D eigenvalue weighted by Gasteiger charge is 2.19. The van der Waals surface area contributed by atoms with E-state index < -0.39 is 10.1 Å². The maximum atomic E-state index is 13.5. The number of fused-ring (bicyclic) bond motifs is 8. The monoisotopic (exact) mass is 681 g/mol. The number of nitrogens with one attached hydrogen (secondary N) is 1. The van der Waals surface area contributed by atoms with E-state index >= 15 is 0 Å². The molecule has 7 rings (SSSR count). The van der Waals surface area contributed by atoms with Gasteiger partial charge in [-0.3, -0.25) is 19.2 Å². The smallest absolute Gasteiger partial charge is 0.196 e. The van der Waals surface area contributed by atoms with E-state index in [9.17, 15) is 19.2 Å². The molecule has 0 atom stereocenters. The molecule has 1 N–H and O–H groups in total. The van der Waals surface area contributed by atoms with Gasteiger partial charge < -0.3 is 18.6 Å². The van der Waals surface area contributed by atoms with Crippen LogP contribution in [-0.4, -0.2) is 59.4 Å². The zero-order valence-corrected chi connectivity index (χ0v) is 29.2. The molecule has 0 aliphatic carbocycles. The topological polar surface area (TPSA) is 146 Å². The van der Waals surface area contributed by atoms with Crippen LogP contribution in [0.25, 0.3) is 65.2 Å².